The fraction of sp³-hybridized carbons (Fsp3) is 0.667. The molecular formula is C18H26ClNO. The Morgan fingerprint density at radius 2 is 1.71 bits per heavy atom. The largest absolute Gasteiger partial charge is 0.506 e. The molecule has 3 N–H and O–H groups in total. The smallest absolute Gasteiger partial charge is 0.138 e. The third kappa shape index (κ3) is 2.68. The zero-order valence-corrected chi connectivity index (χ0v) is 13.5. The molecule has 1 saturated carbocycles. The summed E-state index contributed by atoms with van der Waals surface area (Å²) in [5, 5.41) is 11.3. The summed E-state index contributed by atoms with van der Waals surface area (Å²) in [6, 6.07) is 2.24. The summed E-state index contributed by atoms with van der Waals surface area (Å²) < 4.78 is 0. The lowest BCUT2D eigenvalue weighted by atomic mass is 9.68. The van der Waals surface area contributed by atoms with Crippen LogP contribution in [0.3, 0.4) is 0 Å². The van der Waals surface area contributed by atoms with Crippen molar-refractivity contribution in [1.82, 2.24) is 0 Å². The summed E-state index contributed by atoms with van der Waals surface area (Å²) in [6.45, 7) is 0.607. The summed E-state index contributed by atoms with van der Waals surface area (Å²) in [5.74, 6) is 0.310. The van der Waals surface area contributed by atoms with Gasteiger partial charge in [0.1, 0.15) is 5.75 Å². The van der Waals surface area contributed by atoms with Crippen molar-refractivity contribution in [3.8, 4) is 5.75 Å². The molecule has 1 aromatic rings. The van der Waals surface area contributed by atoms with Gasteiger partial charge in [0, 0.05) is 17.5 Å². The monoisotopic (exact) mass is 307 g/mol. The molecule has 0 atom stereocenters. The summed E-state index contributed by atoms with van der Waals surface area (Å²) in [5.41, 5.74) is 9.63. The molecule has 2 aliphatic rings. The molecule has 1 fully saturated rings. The maximum Gasteiger partial charge on any atom is 0.138 e. The van der Waals surface area contributed by atoms with Crippen LogP contribution >= 0.6 is 11.6 Å². The molecule has 0 aliphatic heterocycles. The molecule has 116 valence electrons. The van der Waals surface area contributed by atoms with Crippen LogP contribution in [0.25, 0.3) is 0 Å². The average molecular weight is 308 g/mol. The molecule has 1 aromatic carbocycles. The summed E-state index contributed by atoms with van der Waals surface area (Å²) in [6.07, 6.45) is 11.6. The first-order valence-electron chi connectivity index (χ1n) is 8.42. The van der Waals surface area contributed by atoms with Gasteiger partial charge in [-0.25, -0.2) is 0 Å². The first-order chi connectivity index (χ1) is 10.2. The third-order valence-electron chi connectivity index (χ3n) is 5.58. The van der Waals surface area contributed by atoms with Crippen molar-refractivity contribution in [3.63, 3.8) is 0 Å². The number of benzene rings is 1. The van der Waals surface area contributed by atoms with Gasteiger partial charge >= 0.3 is 0 Å². The minimum Gasteiger partial charge on any atom is -0.506 e. The number of aromatic hydroxyl groups is 1. The van der Waals surface area contributed by atoms with Crippen LogP contribution in [-0.2, 0) is 18.3 Å². The molecule has 0 spiro atoms. The molecule has 2 aliphatic carbocycles. The number of hydrogen-bond acceptors (Lipinski definition) is 2. The molecule has 0 bridgehead atoms. The average Bonchev–Trinajstić information content (AvgIpc) is 2.77. The van der Waals surface area contributed by atoms with Gasteiger partial charge in [0.05, 0.1) is 5.02 Å². The van der Waals surface area contributed by atoms with Crippen molar-refractivity contribution < 1.29 is 5.11 Å². The van der Waals surface area contributed by atoms with Crippen LogP contribution < -0.4 is 5.73 Å². The number of rotatable bonds is 2. The van der Waals surface area contributed by atoms with Crippen LogP contribution in [0.2, 0.25) is 5.02 Å². The van der Waals surface area contributed by atoms with Crippen molar-refractivity contribution in [2.75, 3.05) is 6.54 Å². The molecule has 0 saturated heterocycles. The normalized spacial score (nSPS) is 21.6. The van der Waals surface area contributed by atoms with E-state index in [1.807, 2.05) is 0 Å². The second kappa shape index (κ2) is 6.18. The van der Waals surface area contributed by atoms with E-state index in [0.717, 1.165) is 31.2 Å². The van der Waals surface area contributed by atoms with Gasteiger partial charge in [-0.05, 0) is 49.7 Å². The summed E-state index contributed by atoms with van der Waals surface area (Å²) in [7, 11) is 0. The third-order valence-corrected chi connectivity index (χ3v) is 5.99. The van der Waals surface area contributed by atoms with Crippen molar-refractivity contribution in [1.29, 1.82) is 0 Å². The molecule has 0 radical (unpaired) electrons. The Balaban J connectivity index is 2.10. The molecule has 0 amide bonds. The number of halogens is 1. The van der Waals surface area contributed by atoms with E-state index in [1.54, 1.807) is 0 Å². The molecule has 21 heavy (non-hydrogen) atoms. The highest BCUT2D eigenvalue weighted by Crippen LogP contribution is 2.47. The van der Waals surface area contributed by atoms with Gasteiger partial charge in [-0.1, -0.05) is 43.4 Å². The highest BCUT2D eigenvalue weighted by Gasteiger charge is 2.36. The molecule has 3 rings (SSSR count). The van der Waals surface area contributed by atoms with Gasteiger partial charge in [-0.2, -0.15) is 0 Å². The van der Waals surface area contributed by atoms with Crippen molar-refractivity contribution in [2.45, 2.75) is 69.6 Å². The van der Waals surface area contributed by atoms with E-state index >= 15 is 0 Å². The second-order valence-electron chi connectivity index (χ2n) is 6.83. The first-order valence-corrected chi connectivity index (χ1v) is 8.79. The van der Waals surface area contributed by atoms with Crippen LogP contribution in [0.4, 0.5) is 0 Å². The fourth-order valence-electron chi connectivity index (χ4n) is 4.24. The Hall–Kier alpha value is -0.730. The van der Waals surface area contributed by atoms with E-state index in [1.165, 1.54) is 49.7 Å². The standard InChI is InChI=1S/C18H26ClNO/c19-16-14-8-4-1-3-7-13(14)11-15(17(16)21)18(12-20)9-5-2-6-10-18/h11,21H,1-10,12,20H2. The van der Waals surface area contributed by atoms with Gasteiger partial charge in [0.2, 0.25) is 0 Å². The fourth-order valence-corrected chi connectivity index (χ4v) is 4.55. The van der Waals surface area contributed by atoms with Gasteiger partial charge in [-0.3, -0.25) is 0 Å². The van der Waals surface area contributed by atoms with Gasteiger partial charge in [0.25, 0.3) is 0 Å². The zero-order valence-electron chi connectivity index (χ0n) is 12.8. The Bertz CT molecular complexity index is 520. The number of phenolic OH excluding ortho intramolecular Hbond substituents is 1. The predicted octanol–water partition coefficient (Wildman–Crippen LogP) is 4.48. The predicted molar refractivity (Wildman–Crippen MR) is 88.2 cm³/mol. The van der Waals surface area contributed by atoms with E-state index < -0.39 is 0 Å². The van der Waals surface area contributed by atoms with Gasteiger partial charge < -0.3 is 10.8 Å². The number of aryl methyl sites for hydroxylation is 1. The number of hydrogen-bond donors (Lipinski definition) is 2. The Morgan fingerprint density at radius 1 is 1.05 bits per heavy atom. The Labute approximate surface area is 132 Å². The van der Waals surface area contributed by atoms with Crippen LogP contribution in [0.5, 0.6) is 5.75 Å². The van der Waals surface area contributed by atoms with E-state index in [-0.39, 0.29) is 5.41 Å². The number of fused-ring (bicyclic) bond motifs is 1. The lowest BCUT2D eigenvalue weighted by Gasteiger charge is -2.38. The van der Waals surface area contributed by atoms with Crippen molar-refractivity contribution in [3.05, 3.63) is 27.8 Å². The maximum atomic E-state index is 10.7. The quantitative estimate of drug-likeness (QED) is 0.792. The molecule has 0 heterocycles. The van der Waals surface area contributed by atoms with E-state index in [9.17, 15) is 5.11 Å². The van der Waals surface area contributed by atoms with E-state index in [4.69, 9.17) is 17.3 Å². The van der Waals surface area contributed by atoms with Crippen molar-refractivity contribution >= 4 is 11.6 Å². The molecule has 0 aromatic heterocycles. The number of nitrogens with two attached hydrogens (primary N) is 1. The highest BCUT2D eigenvalue weighted by molar-refractivity contribution is 6.33. The van der Waals surface area contributed by atoms with Gasteiger partial charge in [-0.15, -0.1) is 0 Å². The Kier molecular flexibility index (Phi) is 4.46. The zero-order chi connectivity index (χ0) is 14.9. The minimum atomic E-state index is -0.0622. The minimum absolute atomic E-state index is 0.0622. The van der Waals surface area contributed by atoms with Gasteiger partial charge in [0.15, 0.2) is 0 Å². The van der Waals surface area contributed by atoms with E-state index in [2.05, 4.69) is 6.07 Å². The lowest BCUT2D eigenvalue weighted by molar-refractivity contribution is 0.290. The summed E-state index contributed by atoms with van der Waals surface area (Å²) >= 11 is 6.54. The summed E-state index contributed by atoms with van der Waals surface area (Å²) in [4.78, 5) is 0. The van der Waals surface area contributed by atoms with Crippen molar-refractivity contribution in [2.24, 2.45) is 5.73 Å². The molecular weight excluding hydrogens is 282 g/mol. The molecule has 3 heteroatoms. The maximum absolute atomic E-state index is 10.7. The molecule has 0 unspecified atom stereocenters. The number of phenols is 1. The van der Waals surface area contributed by atoms with E-state index in [0.29, 0.717) is 17.3 Å². The topological polar surface area (TPSA) is 46.2 Å². The highest BCUT2D eigenvalue weighted by atomic mass is 35.5. The Morgan fingerprint density at radius 3 is 2.43 bits per heavy atom. The lowest BCUT2D eigenvalue weighted by Crippen LogP contribution is -2.37. The SMILES string of the molecule is NCC1(c2cc3c(c(Cl)c2O)CCCCC3)CCCCC1. The van der Waals surface area contributed by atoms with Crippen LogP contribution in [0, 0.1) is 0 Å². The first kappa shape index (κ1) is 15.2. The van der Waals surface area contributed by atoms with Crippen LogP contribution in [0.15, 0.2) is 6.07 Å². The second-order valence-corrected chi connectivity index (χ2v) is 7.21. The molecule has 2 nitrogen and oxygen atoms in total. The van der Waals surface area contributed by atoms with Crippen LogP contribution in [0.1, 0.15) is 68.1 Å². The van der Waals surface area contributed by atoms with Crippen LogP contribution in [-0.4, -0.2) is 11.7 Å².